The van der Waals surface area contributed by atoms with E-state index in [0.717, 1.165) is 11.3 Å². The summed E-state index contributed by atoms with van der Waals surface area (Å²) >= 11 is 4.92. The molecule has 0 atom stereocenters. The van der Waals surface area contributed by atoms with Crippen molar-refractivity contribution in [2.24, 2.45) is 0 Å². The topological polar surface area (TPSA) is 62.9 Å². The first kappa shape index (κ1) is 9.41. The van der Waals surface area contributed by atoms with E-state index in [1.165, 1.54) is 0 Å². The number of hydrogen-bond donors (Lipinski definition) is 2. The third-order valence-electron chi connectivity index (χ3n) is 2.32. The molecular weight excluding hydrogens is 226 g/mol. The molecule has 16 heavy (non-hydrogen) atoms. The van der Waals surface area contributed by atoms with Crippen molar-refractivity contribution in [2.75, 3.05) is 13.2 Å². The monoisotopic (exact) mass is 235 g/mol. The van der Waals surface area contributed by atoms with Gasteiger partial charge in [-0.2, -0.15) is 4.98 Å². The fraction of sp³-hybridized carbons (Fsp3) is 0.200. The van der Waals surface area contributed by atoms with Gasteiger partial charge in [0.15, 0.2) is 17.3 Å². The molecular formula is C10H9N3O2S. The predicted molar refractivity (Wildman–Crippen MR) is 60.2 cm³/mol. The van der Waals surface area contributed by atoms with E-state index in [1.54, 1.807) is 0 Å². The molecule has 1 aromatic heterocycles. The molecule has 0 spiro atoms. The third kappa shape index (κ3) is 1.47. The van der Waals surface area contributed by atoms with Crippen LogP contribution in [0.25, 0.3) is 11.4 Å². The first-order valence-corrected chi connectivity index (χ1v) is 5.29. The second-order valence-corrected chi connectivity index (χ2v) is 3.73. The Labute approximate surface area is 96.4 Å². The zero-order valence-electron chi connectivity index (χ0n) is 8.32. The molecule has 6 heteroatoms. The van der Waals surface area contributed by atoms with Gasteiger partial charge in [-0.15, -0.1) is 0 Å². The molecule has 0 amide bonds. The number of H-pyrrole nitrogens is 2. The van der Waals surface area contributed by atoms with E-state index in [1.807, 2.05) is 18.2 Å². The van der Waals surface area contributed by atoms with Gasteiger partial charge in [0.25, 0.3) is 0 Å². The number of fused-ring (bicyclic) bond motifs is 1. The van der Waals surface area contributed by atoms with Gasteiger partial charge in [0, 0.05) is 0 Å². The number of aromatic amines is 2. The number of hydrogen-bond acceptors (Lipinski definition) is 4. The maximum Gasteiger partial charge on any atom is 0.213 e. The molecule has 0 bridgehead atoms. The zero-order chi connectivity index (χ0) is 11.0. The van der Waals surface area contributed by atoms with Gasteiger partial charge in [-0.25, -0.2) is 0 Å². The first-order valence-electron chi connectivity index (χ1n) is 4.88. The molecule has 3 rings (SSSR count). The smallest absolute Gasteiger partial charge is 0.213 e. The van der Waals surface area contributed by atoms with E-state index in [4.69, 9.17) is 21.7 Å². The summed E-state index contributed by atoms with van der Waals surface area (Å²) in [5.41, 5.74) is 0.851. The van der Waals surface area contributed by atoms with Crippen LogP contribution in [0.5, 0.6) is 11.5 Å². The molecule has 2 aromatic rings. The Morgan fingerprint density at radius 3 is 2.88 bits per heavy atom. The normalized spacial score (nSPS) is 13.8. The summed E-state index contributed by atoms with van der Waals surface area (Å²) in [4.78, 5) is 4.16. The largest absolute Gasteiger partial charge is 0.486 e. The quantitative estimate of drug-likeness (QED) is 0.741. The molecule has 0 saturated carbocycles. The van der Waals surface area contributed by atoms with E-state index >= 15 is 0 Å². The lowest BCUT2D eigenvalue weighted by Crippen LogP contribution is -2.15. The minimum absolute atomic E-state index is 0.421. The minimum Gasteiger partial charge on any atom is -0.486 e. The van der Waals surface area contributed by atoms with E-state index in [0.29, 0.717) is 29.6 Å². The van der Waals surface area contributed by atoms with Crippen molar-refractivity contribution in [1.82, 2.24) is 15.2 Å². The number of benzene rings is 1. The van der Waals surface area contributed by atoms with Gasteiger partial charge in [-0.3, -0.25) is 10.2 Å². The van der Waals surface area contributed by atoms with Crippen molar-refractivity contribution in [3.63, 3.8) is 0 Å². The second kappa shape index (κ2) is 3.64. The molecule has 0 fully saturated rings. The summed E-state index contributed by atoms with van der Waals surface area (Å²) < 4.78 is 11.5. The number of ether oxygens (including phenoxy) is 2. The van der Waals surface area contributed by atoms with Crippen molar-refractivity contribution in [3.8, 4) is 22.9 Å². The van der Waals surface area contributed by atoms with Crippen LogP contribution >= 0.6 is 12.2 Å². The van der Waals surface area contributed by atoms with Gasteiger partial charge in [0.2, 0.25) is 4.77 Å². The SMILES string of the molecule is S=c1nc(-c2cccc3c2OCCO3)[nH][nH]1. The van der Waals surface area contributed by atoms with Crippen molar-refractivity contribution >= 4 is 12.2 Å². The zero-order valence-corrected chi connectivity index (χ0v) is 9.13. The minimum atomic E-state index is 0.421. The Morgan fingerprint density at radius 1 is 1.19 bits per heavy atom. The van der Waals surface area contributed by atoms with Crippen molar-refractivity contribution < 1.29 is 9.47 Å². The number of para-hydroxylation sites is 1. The molecule has 1 aliphatic rings. The van der Waals surface area contributed by atoms with Crippen LogP contribution in [0.1, 0.15) is 0 Å². The van der Waals surface area contributed by atoms with Crippen LogP contribution in [0, 0.1) is 4.77 Å². The maximum atomic E-state index is 5.59. The Bertz CT molecular complexity index is 575. The average Bonchev–Trinajstić information content (AvgIpc) is 2.75. The maximum absolute atomic E-state index is 5.59. The van der Waals surface area contributed by atoms with Crippen LogP contribution in [0.15, 0.2) is 18.2 Å². The van der Waals surface area contributed by atoms with Crippen LogP contribution in [-0.2, 0) is 0 Å². The molecule has 1 aromatic carbocycles. The van der Waals surface area contributed by atoms with Crippen LogP contribution in [-0.4, -0.2) is 28.4 Å². The lowest BCUT2D eigenvalue weighted by molar-refractivity contribution is 0.172. The Kier molecular flexibility index (Phi) is 2.14. The van der Waals surface area contributed by atoms with Gasteiger partial charge in [-0.1, -0.05) is 6.07 Å². The standard InChI is InChI=1S/C10H9N3O2S/c16-10-11-9(12-13-10)6-2-1-3-7-8(6)15-5-4-14-7/h1-3H,4-5H2,(H2,11,12,13,16). The van der Waals surface area contributed by atoms with E-state index in [-0.39, 0.29) is 0 Å². The van der Waals surface area contributed by atoms with E-state index in [9.17, 15) is 0 Å². The van der Waals surface area contributed by atoms with Crippen LogP contribution < -0.4 is 9.47 Å². The third-order valence-corrected chi connectivity index (χ3v) is 2.52. The van der Waals surface area contributed by atoms with Crippen LogP contribution in [0.3, 0.4) is 0 Å². The molecule has 5 nitrogen and oxygen atoms in total. The molecule has 2 heterocycles. The summed E-state index contributed by atoms with van der Waals surface area (Å²) in [7, 11) is 0. The summed E-state index contributed by atoms with van der Waals surface area (Å²) in [6, 6.07) is 5.68. The summed E-state index contributed by atoms with van der Waals surface area (Å²) in [5.74, 6) is 2.12. The lowest BCUT2D eigenvalue weighted by atomic mass is 10.1. The number of aromatic nitrogens is 3. The van der Waals surface area contributed by atoms with E-state index in [2.05, 4.69) is 15.2 Å². The highest BCUT2D eigenvalue weighted by Gasteiger charge is 2.17. The van der Waals surface area contributed by atoms with Crippen molar-refractivity contribution in [1.29, 1.82) is 0 Å². The fourth-order valence-electron chi connectivity index (χ4n) is 1.66. The highest BCUT2D eigenvalue weighted by molar-refractivity contribution is 7.71. The molecule has 1 aliphatic heterocycles. The predicted octanol–water partition coefficient (Wildman–Crippen LogP) is 1.91. The van der Waals surface area contributed by atoms with Crippen molar-refractivity contribution in [3.05, 3.63) is 23.0 Å². The molecule has 82 valence electrons. The van der Waals surface area contributed by atoms with Crippen LogP contribution in [0.4, 0.5) is 0 Å². The van der Waals surface area contributed by atoms with Gasteiger partial charge in [-0.05, 0) is 24.4 Å². The van der Waals surface area contributed by atoms with E-state index < -0.39 is 0 Å². The Hall–Kier alpha value is -1.82. The van der Waals surface area contributed by atoms with Gasteiger partial charge in [0.1, 0.15) is 13.2 Å². The number of rotatable bonds is 1. The highest BCUT2D eigenvalue weighted by Crippen LogP contribution is 2.38. The van der Waals surface area contributed by atoms with Gasteiger partial charge < -0.3 is 9.47 Å². The molecule has 0 saturated heterocycles. The van der Waals surface area contributed by atoms with Gasteiger partial charge >= 0.3 is 0 Å². The summed E-state index contributed by atoms with van der Waals surface area (Å²) in [6.07, 6.45) is 0. The first-order chi connectivity index (χ1) is 7.84. The molecule has 0 unspecified atom stereocenters. The molecule has 0 aliphatic carbocycles. The Morgan fingerprint density at radius 2 is 2.06 bits per heavy atom. The fourth-order valence-corrected chi connectivity index (χ4v) is 1.80. The average molecular weight is 235 g/mol. The molecule has 2 N–H and O–H groups in total. The number of nitrogens with zero attached hydrogens (tertiary/aromatic N) is 1. The summed E-state index contributed by atoms with van der Waals surface area (Å²) in [5, 5.41) is 5.65. The summed E-state index contributed by atoms with van der Waals surface area (Å²) in [6.45, 7) is 1.13. The Balaban J connectivity index is 2.17. The van der Waals surface area contributed by atoms with Crippen molar-refractivity contribution in [2.45, 2.75) is 0 Å². The van der Waals surface area contributed by atoms with Gasteiger partial charge in [0.05, 0.1) is 5.56 Å². The highest BCUT2D eigenvalue weighted by atomic mass is 32.1. The molecule has 0 radical (unpaired) electrons. The second-order valence-electron chi connectivity index (χ2n) is 3.35. The lowest BCUT2D eigenvalue weighted by Gasteiger charge is -2.19. The van der Waals surface area contributed by atoms with Crippen LogP contribution in [0.2, 0.25) is 0 Å². The number of nitrogens with one attached hydrogen (secondary N) is 2.